The average molecular weight is 400 g/mol. The van der Waals surface area contributed by atoms with Gasteiger partial charge in [-0.15, -0.1) is 0 Å². The van der Waals surface area contributed by atoms with Gasteiger partial charge in [0, 0.05) is 5.54 Å². The maximum Gasteiger partial charge on any atom is 0.416 e. The molecule has 2 aliphatic heterocycles. The van der Waals surface area contributed by atoms with Gasteiger partial charge in [0.25, 0.3) is 0 Å². The van der Waals surface area contributed by atoms with Gasteiger partial charge in [0.15, 0.2) is 5.78 Å². The number of carbonyl (C=O) groups is 1. The third kappa shape index (κ3) is 3.40. The first-order valence-electron chi connectivity index (χ1n) is 9.76. The number of nitrogens with one attached hydrogen (secondary N) is 1. The summed E-state index contributed by atoms with van der Waals surface area (Å²) in [5, 5.41) is 3.37. The van der Waals surface area contributed by atoms with Crippen LogP contribution in [0.5, 0.6) is 0 Å². The minimum Gasteiger partial charge on any atom is -0.317 e. The van der Waals surface area contributed by atoms with Crippen LogP contribution in [0.3, 0.4) is 0 Å². The molecule has 2 aromatic carbocycles. The van der Waals surface area contributed by atoms with Crippen molar-refractivity contribution in [2.45, 2.75) is 30.6 Å². The van der Waals surface area contributed by atoms with Crippen molar-refractivity contribution >= 4 is 11.9 Å². The highest BCUT2D eigenvalue weighted by Crippen LogP contribution is 2.50. The number of ketones is 1. The number of likely N-dealkylation sites (N-methyl/N-ethyl adjacent to an activating group) is 1. The fourth-order valence-electron chi connectivity index (χ4n) is 4.78. The minimum absolute atomic E-state index is 0.00105. The molecule has 3 nitrogen and oxygen atoms in total. The van der Waals surface area contributed by atoms with Crippen LogP contribution in [0.4, 0.5) is 13.2 Å². The topological polar surface area (TPSA) is 32.3 Å². The van der Waals surface area contributed by atoms with E-state index in [2.05, 4.69) is 16.3 Å². The van der Waals surface area contributed by atoms with Crippen LogP contribution in [0.15, 0.2) is 54.6 Å². The smallest absolute Gasteiger partial charge is 0.317 e. The molecule has 2 aromatic rings. The maximum atomic E-state index is 13.2. The molecule has 1 fully saturated rings. The Morgan fingerprint density at radius 3 is 2.48 bits per heavy atom. The lowest BCUT2D eigenvalue weighted by Crippen LogP contribution is -2.48. The number of hydrogen-bond donors (Lipinski definition) is 1. The Labute approximate surface area is 168 Å². The van der Waals surface area contributed by atoms with Crippen molar-refractivity contribution in [1.82, 2.24) is 10.2 Å². The van der Waals surface area contributed by atoms with Crippen LogP contribution in [0.1, 0.15) is 41.1 Å². The monoisotopic (exact) mass is 400 g/mol. The molecule has 29 heavy (non-hydrogen) atoms. The van der Waals surface area contributed by atoms with Crippen LogP contribution >= 0.6 is 0 Å². The number of benzene rings is 2. The normalized spacial score (nSPS) is 21.6. The lowest BCUT2D eigenvalue weighted by molar-refractivity contribution is -0.137. The van der Waals surface area contributed by atoms with E-state index < -0.39 is 17.8 Å². The van der Waals surface area contributed by atoms with Crippen LogP contribution in [-0.4, -0.2) is 30.8 Å². The molecular weight excluding hydrogens is 377 g/mol. The molecule has 1 N–H and O–H groups in total. The number of carbonyl (C=O) groups excluding carboxylic acids is 1. The van der Waals surface area contributed by atoms with E-state index in [-0.39, 0.29) is 16.9 Å². The van der Waals surface area contributed by atoms with Crippen LogP contribution in [0, 0.1) is 0 Å². The van der Waals surface area contributed by atoms with Crippen molar-refractivity contribution < 1.29 is 18.0 Å². The molecule has 2 aliphatic rings. The van der Waals surface area contributed by atoms with Crippen molar-refractivity contribution in [3.05, 3.63) is 76.9 Å². The molecule has 0 unspecified atom stereocenters. The van der Waals surface area contributed by atoms with E-state index in [4.69, 9.17) is 0 Å². The van der Waals surface area contributed by atoms with Crippen molar-refractivity contribution in [3.8, 4) is 0 Å². The summed E-state index contributed by atoms with van der Waals surface area (Å²) in [6.45, 7) is 1.74. The van der Waals surface area contributed by atoms with Gasteiger partial charge in [-0.05, 0) is 61.8 Å². The standard InChI is InChI=1S/C23H23F3N2O/c1-28-21(17-7-3-5-9-19(17)22(28)12-14-27-15-13-22)20(29)11-10-16-6-2-4-8-18(16)23(24,25)26/h2-11,21,27H,12-15H2,1H3/t21-/m1/s1. The fraction of sp³-hybridized carbons (Fsp3) is 0.348. The molecule has 0 amide bonds. The van der Waals surface area contributed by atoms with Crippen LogP contribution < -0.4 is 5.32 Å². The van der Waals surface area contributed by atoms with E-state index in [9.17, 15) is 18.0 Å². The van der Waals surface area contributed by atoms with Gasteiger partial charge in [-0.1, -0.05) is 48.5 Å². The predicted molar refractivity (Wildman–Crippen MR) is 106 cm³/mol. The summed E-state index contributed by atoms with van der Waals surface area (Å²) in [7, 11) is 1.95. The largest absolute Gasteiger partial charge is 0.416 e. The number of rotatable bonds is 3. The summed E-state index contributed by atoms with van der Waals surface area (Å²) in [6, 6.07) is 12.8. The number of hydrogen-bond acceptors (Lipinski definition) is 3. The number of nitrogens with zero attached hydrogens (tertiary/aromatic N) is 1. The Morgan fingerprint density at radius 1 is 1.10 bits per heavy atom. The van der Waals surface area contributed by atoms with Crippen molar-refractivity contribution in [1.29, 1.82) is 0 Å². The zero-order valence-electron chi connectivity index (χ0n) is 16.2. The van der Waals surface area contributed by atoms with E-state index >= 15 is 0 Å². The van der Waals surface area contributed by atoms with E-state index in [0.29, 0.717) is 0 Å². The molecule has 0 radical (unpaired) electrons. The van der Waals surface area contributed by atoms with E-state index in [0.717, 1.165) is 43.1 Å². The minimum atomic E-state index is -4.46. The van der Waals surface area contributed by atoms with E-state index in [1.165, 1.54) is 24.3 Å². The third-order valence-corrected chi connectivity index (χ3v) is 6.21. The summed E-state index contributed by atoms with van der Waals surface area (Å²) in [5.41, 5.74) is 1.17. The first-order chi connectivity index (χ1) is 13.8. The number of alkyl halides is 3. The van der Waals surface area contributed by atoms with Gasteiger partial charge in [0.1, 0.15) is 0 Å². The summed E-state index contributed by atoms with van der Waals surface area (Å²) < 4.78 is 39.7. The second kappa shape index (κ2) is 7.43. The Hall–Kier alpha value is -2.44. The Kier molecular flexibility index (Phi) is 5.09. The number of halogens is 3. The lowest BCUT2D eigenvalue weighted by atomic mass is 9.81. The first-order valence-corrected chi connectivity index (χ1v) is 9.76. The molecule has 4 rings (SSSR count). The SMILES string of the molecule is CN1[C@@H](C(=O)C=Cc2ccccc2C(F)(F)F)c2ccccc2C12CCNCC2. The van der Waals surface area contributed by atoms with Crippen LogP contribution in [0.25, 0.3) is 6.08 Å². The quantitative estimate of drug-likeness (QED) is 0.767. The first kappa shape index (κ1) is 19.9. The second-order valence-corrected chi connectivity index (χ2v) is 7.70. The molecule has 0 aromatic heterocycles. The molecular formula is C23H23F3N2O. The van der Waals surface area contributed by atoms with Gasteiger partial charge in [0.2, 0.25) is 0 Å². The Balaban J connectivity index is 1.67. The van der Waals surface area contributed by atoms with Crippen LogP contribution in [0.2, 0.25) is 0 Å². The van der Waals surface area contributed by atoms with Gasteiger partial charge >= 0.3 is 6.18 Å². The lowest BCUT2D eigenvalue weighted by Gasteiger charge is -2.42. The van der Waals surface area contributed by atoms with Gasteiger partial charge in [-0.25, -0.2) is 0 Å². The highest BCUT2D eigenvalue weighted by atomic mass is 19.4. The van der Waals surface area contributed by atoms with Gasteiger partial charge in [-0.3, -0.25) is 9.69 Å². The molecule has 1 saturated heterocycles. The molecule has 0 aliphatic carbocycles. The van der Waals surface area contributed by atoms with Crippen LogP contribution in [-0.2, 0) is 16.5 Å². The van der Waals surface area contributed by atoms with Crippen molar-refractivity contribution in [2.75, 3.05) is 20.1 Å². The highest BCUT2D eigenvalue weighted by molar-refractivity contribution is 5.99. The van der Waals surface area contributed by atoms with E-state index in [1.54, 1.807) is 6.07 Å². The van der Waals surface area contributed by atoms with Gasteiger partial charge in [0.05, 0.1) is 11.6 Å². The zero-order valence-corrected chi connectivity index (χ0v) is 16.2. The van der Waals surface area contributed by atoms with Gasteiger partial charge in [-0.2, -0.15) is 13.2 Å². The summed E-state index contributed by atoms with van der Waals surface area (Å²) >= 11 is 0. The molecule has 2 heterocycles. The van der Waals surface area contributed by atoms with Crippen molar-refractivity contribution in [2.24, 2.45) is 0 Å². The van der Waals surface area contributed by atoms with E-state index in [1.807, 2.05) is 25.2 Å². The molecule has 0 saturated carbocycles. The zero-order chi connectivity index (χ0) is 20.6. The summed E-state index contributed by atoms with van der Waals surface area (Å²) in [6.07, 6.45) is -0.0899. The van der Waals surface area contributed by atoms with Crippen molar-refractivity contribution in [3.63, 3.8) is 0 Å². The number of piperidine rings is 1. The number of fused-ring (bicyclic) bond motifs is 2. The molecule has 1 spiro atoms. The van der Waals surface area contributed by atoms with Gasteiger partial charge < -0.3 is 5.32 Å². The summed E-state index contributed by atoms with van der Waals surface area (Å²) in [4.78, 5) is 15.3. The Morgan fingerprint density at radius 2 is 1.76 bits per heavy atom. The highest BCUT2D eigenvalue weighted by Gasteiger charge is 2.50. The average Bonchev–Trinajstić information content (AvgIpc) is 2.95. The second-order valence-electron chi connectivity index (χ2n) is 7.70. The fourth-order valence-corrected chi connectivity index (χ4v) is 4.78. The molecule has 1 atom stereocenters. The molecule has 6 heteroatoms. The molecule has 152 valence electrons. The summed E-state index contributed by atoms with van der Waals surface area (Å²) in [5.74, 6) is -0.202. The predicted octanol–water partition coefficient (Wildman–Crippen LogP) is 4.55. The molecule has 0 bridgehead atoms. The Bertz CT molecular complexity index is 945. The third-order valence-electron chi connectivity index (χ3n) is 6.21. The maximum absolute atomic E-state index is 13.2.